The highest BCUT2D eigenvalue weighted by Gasteiger charge is 2.50. The summed E-state index contributed by atoms with van der Waals surface area (Å²) in [6.45, 7) is 13.1. The van der Waals surface area contributed by atoms with Gasteiger partial charge in [-0.1, -0.05) is 27.7 Å². The third kappa shape index (κ3) is 3.98. The van der Waals surface area contributed by atoms with Crippen molar-refractivity contribution in [3.05, 3.63) is 16.7 Å². The Bertz CT molecular complexity index is 919. The number of H-pyrrole nitrogens is 1. The van der Waals surface area contributed by atoms with E-state index < -0.39 is 14.5 Å². The highest BCUT2D eigenvalue weighted by Crippen LogP contribution is 2.45. The standard InChI is InChI=1S/C19H33N5O4Si/c1-7-12-11(8-9-25)14(28-29(5,6)19(2,3)4)17(27-12)24-10-21-13-15(24)22-18(20)23-16(13)26/h10-12,14,17,25H,7-9H2,1-6H3,(H3,20,22,23,26)/t11-,12-,14-,17-/m1/s1. The Morgan fingerprint density at radius 3 is 2.69 bits per heavy atom. The molecule has 10 heteroatoms. The van der Waals surface area contributed by atoms with Crippen LogP contribution in [-0.2, 0) is 9.16 Å². The lowest BCUT2D eigenvalue weighted by atomic mass is 9.93. The van der Waals surface area contributed by atoms with Crippen molar-refractivity contribution in [2.75, 3.05) is 12.3 Å². The molecule has 3 rings (SSSR count). The molecule has 3 heterocycles. The van der Waals surface area contributed by atoms with Gasteiger partial charge in [-0.3, -0.25) is 14.3 Å². The SMILES string of the molecule is CC[C@H]1O[C@@H](n2cnc3c(=O)[nH]c(N)nc32)[C@H](O[Si](C)(C)C(C)(C)C)[C@@H]1CCO. The molecule has 0 radical (unpaired) electrons. The van der Waals surface area contributed by atoms with Crippen LogP contribution < -0.4 is 11.3 Å². The van der Waals surface area contributed by atoms with E-state index in [4.69, 9.17) is 14.9 Å². The molecule has 0 bridgehead atoms. The molecule has 29 heavy (non-hydrogen) atoms. The van der Waals surface area contributed by atoms with Crippen LogP contribution >= 0.6 is 0 Å². The molecule has 2 aromatic heterocycles. The van der Waals surface area contributed by atoms with Crippen LogP contribution in [0, 0.1) is 5.92 Å². The van der Waals surface area contributed by atoms with Gasteiger partial charge in [0.05, 0.1) is 18.5 Å². The van der Waals surface area contributed by atoms with Crippen LogP contribution in [0.3, 0.4) is 0 Å². The first kappa shape index (κ1) is 21.9. The van der Waals surface area contributed by atoms with E-state index in [-0.39, 0.29) is 46.8 Å². The third-order valence-corrected chi connectivity index (χ3v) is 10.8. The number of nitrogens with two attached hydrogens (primary N) is 1. The van der Waals surface area contributed by atoms with Gasteiger partial charge < -0.3 is 20.0 Å². The number of nitrogen functional groups attached to an aromatic ring is 1. The molecule has 162 valence electrons. The highest BCUT2D eigenvalue weighted by molar-refractivity contribution is 6.74. The summed E-state index contributed by atoms with van der Waals surface area (Å²) in [4.78, 5) is 23.2. The van der Waals surface area contributed by atoms with Crippen molar-refractivity contribution in [1.82, 2.24) is 19.5 Å². The lowest BCUT2D eigenvalue weighted by molar-refractivity contribution is -0.0322. The summed E-state index contributed by atoms with van der Waals surface area (Å²) >= 11 is 0. The number of hydrogen-bond acceptors (Lipinski definition) is 7. The molecule has 0 aliphatic carbocycles. The Kier molecular flexibility index (Phi) is 5.92. The molecular formula is C19H33N5O4Si. The molecule has 2 aromatic rings. The van der Waals surface area contributed by atoms with E-state index in [0.29, 0.717) is 12.1 Å². The first-order valence-corrected chi connectivity index (χ1v) is 13.1. The zero-order valence-electron chi connectivity index (χ0n) is 18.1. The van der Waals surface area contributed by atoms with Crippen molar-refractivity contribution < 1.29 is 14.3 Å². The Morgan fingerprint density at radius 1 is 1.41 bits per heavy atom. The first-order valence-electron chi connectivity index (χ1n) is 10.2. The van der Waals surface area contributed by atoms with Gasteiger partial charge in [0.2, 0.25) is 5.95 Å². The van der Waals surface area contributed by atoms with Crippen LogP contribution in [0.2, 0.25) is 18.1 Å². The summed E-state index contributed by atoms with van der Waals surface area (Å²) in [7, 11) is -2.14. The summed E-state index contributed by atoms with van der Waals surface area (Å²) in [5.74, 6) is 0.0592. The zero-order valence-corrected chi connectivity index (χ0v) is 19.1. The van der Waals surface area contributed by atoms with Crippen LogP contribution in [0.4, 0.5) is 5.95 Å². The van der Waals surface area contributed by atoms with E-state index in [0.717, 1.165) is 6.42 Å². The number of anilines is 1. The lowest BCUT2D eigenvalue weighted by Gasteiger charge is -2.40. The molecule has 4 atom stereocenters. The predicted octanol–water partition coefficient (Wildman–Crippen LogP) is 2.40. The van der Waals surface area contributed by atoms with E-state index in [1.165, 1.54) is 0 Å². The van der Waals surface area contributed by atoms with Gasteiger partial charge in [0, 0.05) is 12.5 Å². The maximum atomic E-state index is 12.2. The van der Waals surface area contributed by atoms with E-state index >= 15 is 0 Å². The van der Waals surface area contributed by atoms with Crippen LogP contribution in [0.25, 0.3) is 11.2 Å². The molecule has 1 fully saturated rings. The lowest BCUT2D eigenvalue weighted by Crippen LogP contribution is -2.47. The Balaban J connectivity index is 2.09. The largest absolute Gasteiger partial charge is 0.409 e. The Hall–Kier alpha value is -1.75. The fraction of sp³-hybridized carbons (Fsp3) is 0.737. The second-order valence-corrected chi connectivity index (χ2v) is 14.0. The zero-order chi connectivity index (χ0) is 21.6. The summed E-state index contributed by atoms with van der Waals surface area (Å²) in [6.07, 6.45) is 2.08. The second-order valence-electron chi connectivity index (χ2n) is 9.27. The number of aliphatic hydroxyl groups excluding tert-OH is 1. The fourth-order valence-corrected chi connectivity index (χ4v) is 5.02. The first-order chi connectivity index (χ1) is 13.5. The van der Waals surface area contributed by atoms with Gasteiger partial charge in [-0.15, -0.1) is 0 Å². The maximum absolute atomic E-state index is 12.2. The van der Waals surface area contributed by atoms with E-state index in [2.05, 4.69) is 55.7 Å². The molecule has 1 saturated heterocycles. The van der Waals surface area contributed by atoms with Gasteiger partial charge >= 0.3 is 0 Å². The summed E-state index contributed by atoms with van der Waals surface area (Å²) in [6, 6.07) is 0. The van der Waals surface area contributed by atoms with Gasteiger partial charge in [-0.25, -0.2) is 4.98 Å². The van der Waals surface area contributed by atoms with E-state index in [1.807, 2.05) is 0 Å². The summed E-state index contributed by atoms with van der Waals surface area (Å²) in [5.41, 5.74) is 5.97. The fourth-order valence-electron chi connectivity index (χ4n) is 3.69. The van der Waals surface area contributed by atoms with Crippen molar-refractivity contribution >= 4 is 25.4 Å². The molecule has 0 saturated carbocycles. The highest BCUT2D eigenvalue weighted by atomic mass is 28.4. The number of aromatic nitrogens is 4. The normalized spacial score (nSPS) is 25.8. The number of imidazole rings is 1. The van der Waals surface area contributed by atoms with Gasteiger partial charge in [0.15, 0.2) is 25.7 Å². The minimum absolute atomic E-state index is 0.0163. The molecule has 0 amide bonds. The van der Waals surface area contributed by atoms with Crippen molar-refractivity contribution in [1.29, 1.82) is 0 Å². The molecule has 1 aliphatic rings. The number of nitrogens with zero attached hydrogens (tertiary/aromatic N) is 3. The number of nitrogens with one attached hydrogen (secondary N) is 1. The van der Waals surface area contributed by atoms with Gasteiger partial charge in [0.25, 0.3) is 5.56 Å². The van der Waals surface area contributed by atoms with Gasteiger partial charge in [-0.05, 0) is 31.0 Å². The number of aliphatic hydroxyl groups is 1. The molecule has 0 spiro atoms. The molecule has 9 nitrogen and oxygen atoms in total. The monoisotopic (exact) mass is 423 g/mol. The number of fused-ring (bicyclic) bond motifs is 1. The van der Waals surface area contributed by atoms with Crippen LogP contribution in [-0.4, -0.2) is 51.8 Å². The van der Waals surface area contributed by atoms with Crippen LogP contribution in [0.15, 0.2) is 11.1 Å². The maximum Gasteiger partial charge on any atom is 0.280 e. The van der Waals surface area contributed by atoms with Crippen molar-refractivity contribution in [2.24, 2.45) is 5.92 Å². The van der Waals surface area contributed by atoms with Gasteiger partial charge in [-0.2, -0.15) is 4.98 Å². The van der Waals surface area contributed by atoms with Gasteiger partial charge in [0.1, 0.15) is 0 Å². The number of aromatic amines is 1. The summed E-state index contributed by atoms with van der Waals surface area (Å²) in [5, 5.41) is 9.70. The minimum atomic E-state index is -2.14. The molecular weight excluding hydrogens is 390 g/mol. The molecule has 1 aliphatic heterocycles. The Morgan fingerprint density at radius 2 is 2.10 bits per heavy atom. The molecule has 0 unspecified atom stereocenters. The van der Waals surface area contributed by atoms with Crippen molar-refractivity contribution in [3.63, 3.8) is 0 Å². The number of ether oxygens (including phenoxy) is 1. The number of hydrogen-bond donors (Lipinski definition) is 3. The van der Waals surface area contributed by atoms with Crippen molar-refractivity contribution in [3.8, 4) is 0 Å². The van der Waals surface area contributed by atoms with E-state index in [9.17, 15) is 9.90 Å². The third-order valence-electron chi connectivity index (χ3n) is 6.32. The minimum Gasteiger partial charge on any atom is -0.409 e. The average molecular weight is 424 g/mol. The molecule has 4 N–H and O–H groups in total. The van der Waals surface area contributed by atoms with Crippen LogP contribution in [0.5, 0.6) is 0 Å². The predicted molar refractivity (Wildman–Crippen MR) is 114 cm³/mol. The quantitative estimate of drug-likeness (QED) is 0.609. The second kappa shape index (κ2) is 7.82. The average Bonchev–Trinajstić information content (AvgIpc) is 3.16. The number of rotatable bonds is 6. The molecule has 0 aromatic carbocycles. The summed E-state index contributed by atoms with van der Waals surface area (Å²) < 4.78 is 15.0. The topological polar surface area (TPSA) is 128 Å². The van der Waals surface area contributed by atoms with Crippen LogP contribution in [0.1, 0.15) is 46.8 Å². The Labute approximate surface area is 171 Å². The van der Waals surface area contributed by atoms with Crippen molar-refractivity contribution in [2.45, 2.75) is 77.1 Å². The van der Waals surface area contributed by atoms with E-state index in [1.54, 1.807) is 10.9 Å². The smallest absolute Gasteiger partial charge is 0.280 e.